The molecule has 0 spiro atoms. The topological polar surface area (TPSA) is 117 Å². The maximum atomic E-state index is 11.9. The molecule has 3 aromatic rings. The maximum absolute atomic E-state index is 11.9. The Morgan fingerprint density at radius 2 is 1.80 bits per heavy atom. The molecule has 0 radical (unpaired) electrons. The molecule has 0 unspecified atom stereocenters. The van der Waals surface area contributed by atoms with Crippen molar-refractivity contribution < 1.29 is 33.0 Å². The normalized spacial score (nSPS) is 12.2. The predicted molar refractivity (Wildman–Crippen MR) is 121 cm³/mol. The Labute approximate surface area is 203 Å². The number of aliphatic carboxylic acids is 1. The monoisotopic (exact) mass is 510 g/mol. The van der Waals surface area contributed by atoms with Crippen molar-refractivity contribution in [2.75, 3.05) is 6.54 Å². The number of nitrogens with one attached hydrogen (secondary N) is 1. The highest BCUT2D eigenvalue weighted by Gasteiger charge is 2.38. The summed E-state index contributed by atoms with van der Waals surface area (Å²) in [5.41, 5.74) is 5.22. The van der Waals surface area contributed by atoms with Gasteiger partial charge in [0, 0.05) is 41.6 Å². The van der Waals surface area contributed by atoms with Crippen LogP contribution in [0.3, 0.4) is 0 Å². The summed E-state index contributed by atoms with van der Waals surface area (Å²) in [5, 5.41) is 25.6. The Kier molecular flexibility index (Phi) is 8.47. The number of carbonyl (C=O) groups is 2. The summed E-state index contributed by atoms with van der Waals surface area (Å²) < 4.78 is 33.4. The molecular formula is C23H22ClF3N4O4. The second-order valence-corrected chi connectivity index (χ2v) is 8.13. The van der Waals surface area contributed by atoms with Crippen molar-refractivity contribution in [1.82, 2.24) is 20.1 Å². The summed E-state index contributed by atoms with van der Waals surface area (Å²) in [6.45, 7) is 2.08. The molecular weight excluding hydrogens is 489 g/mol. The molecule has 0 bridgehead atoms. The number of alkyl halides is 3. The quantitative estimate of drug-likeness (QED) is 0.408. The third-order valence-corrected chi connectivity index (χ3v) is 5.52. The number of benzene rings is 1. The van der Waals surface area contributed by atoms with Crippen LogP contribution in [0.25, 0.3) is 11.3 Å². The van der Waals surface area contributed by atoms with Crippen LogP contribution in [-0.2, 0) is 30.7 Å². The Morgan fingerprint density at radius 1 is 1.11 bits per heavy atom. The molecule has 0 atom stereocenters. The molecule has 0 aliphatic heterocycles. The number of fused-ring (bicyclic) bond motifs is 3. The van der Waals surface area contributed by atoms with Crippen LogP contribution in [0.5, 0.6) is 0 Å². The fourth-order valence-corrected chi connectivity index (χ4v) is 3.79. The second-order valence-electron chi connectivity index (χ2n) is 7.70. The minimum atomic E-state index is -5.08. The van der Waals surface area contributed by atoms with E-state index in [0.29, 0.717) is 18.7 Å². The number of aryl methyl sites for hydroxylation is 2. The standard InChI is InChI=1S/C21H21ClN4O2.C2HF3O2/c22-16-5-2-14(3-6-16)12-23-9-1-11-26-20(21(27)28)18-7-4-15-13-24-10-8-17(15)19(18)25-26;3-2(4,5)1(6)7/h2-3,5-6,8,10,13,23H,1,4,7,9,11-12H2,(H,27,28);(H,6,7). The molecule has 0 fully saturated rings. The molecule has 0 saturated heterocycles. The summed E-state index contributed by atoms with van der Waals surface area (Å²) in [6.07, 6.45) is 0.763. The number of hydrogen-bond acceptors (Lipinski definition) is 5. The fourth-order valence-electron chi connectivity index (χ4n) is 3.66. The van der Waals surface area contributed by atoms with E-state index in [2.05, 4.69) is 15.4 Å². The molecule has 4 rings (SSSR count). The SMILES string of the molecule is O=C(O)C(F)(F)F.O=C(O)c1c2c(nn1CCCNCc1ccc(Cl)cc1)-c1ccncc1CC2. The molecule has 1 aromatic carbocycles. The Bertz CT molecular complexity index is 1200. The number of pyridine rings is 1. The fraction of sp³-hybridized carbons (Fsp3) is 0.304. The Balaban J connectivity index is 0.000000429. The summed E-state index contributed by atoms with van der Waals surface area (Å²) in [6, 6.07) is 9.65. The van der Waals surface area contributed by atoms with Crippen LogP contribution in [0.2, 0.25) is 5.02 Å². The van der Waals surface area contributed by atoms with E-state index in [4.69, 9.17) is 21.5 Å². The molecule has 2 heterocycles. The summed E-state index contributed by atoms with van der Waals surface area (Å²) >= 11 is 5.90. The van der Waals surface area contributed by atoms with E-state index in [0.717, 1.165) is 58.9 Å². The number of rotatable bonds is 7. The van der Waals surface area contributed by atoms with E-state index in [1.165, 1.54) is 0 Å². The molecule has 0 saturated carbocycles. The van der Waals surface area contributed by atoms with Gasteiger partial charge in [0.15, 0.2) is 0 Å². The van der Waals surface area contributed by atoms with Crippen molar-refractivity contribution in [2.45, 2.75) is 38.5 Å². The van der Waals surface area contributed by atoms with E-state index in [9.17, 15) is 23.1 Å². The lowest BCUT2D eigenvalue weighted by molar-refractivity contribution is -0.192. The van der Waals surface area contributed by atoms with E-state index < -0.39 is 18.1 Å². The average Bonchev–Trinajstić information content (AvgIpc) is 3.19. The van der Waals surface area contributed by atoms with Crippen LogP contribution in [0.1, 0.15) is 33.6 Å². The van der Waals surface area contributed by atoms with Gasteiger partial charge in [-0.25, -0.2) is 9.59 Å². The zero-order valence-corrected chi connectivity index (χ0v) is 19.1. The molecule has 0 amide bonds. The first-order chi connectivity index (χ1) is 16.6. The zero-order valence-electron chi connectivity index (χ0n) is 18.3. The van der Waals surface area contributed by atoms with Crippen LogP contribution in [-0.4, -0.2) is 49.6 Å². The van der Waals surface area contributed by atoms with Gasteiger partial charge in [0.05, 0.1) is 5.69 Å². The van der Waals surface area contributed by atoms with Crippen molar-refractivity contribution in [3.8, 4) is 11.3 Å². The zero-order chi connectivity index (χ0) is 25.6. The van der Waals surface area contributed by atoms with E-state index >= 15 is 0 Å². The molecule has 35 heavy (non-hydrogen) atoms. The third-order valence-electron chi connectivity index (χ3n) is 5.26. The van der Waals surface area contributed by atoms with Crippen molar-refractivity contribution in [3.63, 3.8) is 0 Å². The maximum Gasteiger partial charge on any atom is 0.490 e. The molecule has 186 valence electrons. The minimum absolute atomic E-state index is 0.315. The number of halogens is 4. The molecule has 12 heteroatoms. The lowest BCUT2D eigenvalue weighted by Crippen LogP contribution is -2.21. The van der Waals surface area contributed by atoms with Gasteiger partial charge in [0.2, 0.25) is 0 Å². The highest BCUT2D eigenvalue weighted by Crippen LogP contribution is 2.34. The van der Waals surface area contributed by atoms with Gasteiger partial charge in [-0.1, -0.05) is 23.7 Å². The van der Waals surface area contributed by atoms with Gasteiger partial charge in [-0.3, -0.25) is 9.67 Å². The van der Waals surface area contributed by atoms with Gasteiger partial charge < -0.3 is 15.5 Å². The Morgan fingerprint density at radius 3 is 2.43 bits per heavy atom. The van der Waals surface area contributed by atoms with Crippen LogP contribution in [0.15, 0.2) is 42.7 Å². The van der Waals surface area contributed by atoms with Crippen molar-refractivity contribution in [1.29, 1.82) is 0 Å². The average molecular weight is 511 g/mol. The van der Waals surface area contributed by atoms with Crippen LogP contribution < -0.4 is 5.32 Å². The first kappa shape index (κ1) is 26.2. The number of hydrogen-bond donors (Lipinski definition) is 3. The van der Waals surface area contributed by atoms with Gasteiger partial charge in [0.25, 0.3) is 0 Å². The second kappa shape index (κ2) is 11.3. The number of nitrogens with zero attached hydrogens (tertiary/aromatic N) is 3. The first-order valence-electron chi connectivity index (χ1n) is 10.6. The molecule has 2 aromatic heterocycles. The Hall–Kier alpha value is -3.44. The van der Waals surface area contributed by atoms with Gasteiger partial charge in [0.1, 0.15) is 5.69 Å². The largest absolute Gasteiger partial charge is 0.490 e. The summed E-state index contributed by atoms with van der Waals surface area (Å²) in [4.78, 5) is 24.9. The lowest BCUT2D eigenvalue weighted by Gasteiger charge is -2.14. The summed E-state index contributed by atoms with van der Waals surface area (Å²) in [5.74, 6) is -3.67. The molecule has 1 aliphatic rings. The number of aromatic carboxylic acids is 1. The minimum Gasteiger partial charge on any atom is -0.477 e. The van der Waals surface area contributed by atoms with Gasteiger partial charge in [-0.05, 0) is 55.1 Å². The van der Waals surface area contributed by atoms with E-state index in [1.807, 2.05) is 36.5 Å². The van der Waals surface area contributed by atoms with E-state index in [-0.39, 0.29) is 0 Å². The van der Waals surface area contributed by atoms with Crippen LogP contribution in [0, 0.1) is 0 Å². The smallest absolute Gasteiger partial charge is 0.477 e. The van der Waals surface area contributed by atoms with E-state index in [1.54, 1.807) is 10.9 Å². The van der Waals surface area contributed by atoms with Gasteiger partial charge in [-0.15, -0.1) is 0 Å². The van der Waals surface area contributed by atoms with Crippen molar-refractivity contribution >= 4 is 23.5 Å². The molecule has 8 nitrogen and oxygen atoms in total. The van der Waals surface area contributed by atoms with Gasteiger partial charge in [-0.2, -0.15) is 18.3 Å². The highest BCUT2D eigenvalue weighted by molar-refractivity contribution is 6.30. The summed E-state index contributed by atoms with van der Waals surface area (Å²) in [7, 11) is 0. The predicted octanol–water partition coefficient (Wildman–Crippen LogP) is 4.21. The van der Waals surface area contributed by atoms with Crippen LogP contribution >= 0.6 is 11.6 Å². The van der Waals surface area contributed by atoms with Crippen molar-refractivity contribution in [3.05, 3.63) is 70.1 Å². The van der Waals surface area contributed by atoms with Gasteiger partial charge >= 0.3 is 18.1 Å². The van der Waals surface area contributed by atoms with Crippen molar-refractivity contribution in [2.24, 2.45) is 0 Å². The first-order valence-corrected chi connectivity index (χ1v) is 11.0. The molecule has 1 aliphatic carbocycles. The third kappa shape index (κ3) is 6.80. The number of carboxylic acid groups (broad SMARTS) is 2. The van der Waals surface area contributed by atoms with Crippen LogP contribution in [0.4, 0.5) is 13.2 Å². The molecule has 3 N–H and O–H groups in total. The number of carboxylic acids is 2. The highest BCUT2D eigenvalue weighted by atomic mass is 35.5. The number of aromatic nitrogens is 3. The lowest BCUT2D eigenvalue weighted by atomic mass is 9.90.